The fourth-order valence-corrected chi connectivity index (χ4v) is 4.69. The van der Waals surface area contributed by atoms with E-state index < -0.39 is 6.04 Å². The molecule has 0 aromatic heterocycles. The van der Waals surface area contributed by atoms with Gasteiger partial charge in [-0.2, -0.15) is 0 Å². The fraction of sp³-hybridized carbons (Fsp3) is 0.440. The highest BCUT2D eigenvalue weighted by atomic mass is 32.2. The van der Waals surface area contributed by atoms with E-state index in [0.29, 0.717) is 18.8 Å². The summed E-state index contributed by atoms with van der Waals surface area (Å²) in [6.07, 6.45) is 3.49. The number of hydrogen-bond acceptors (Lipinski definition) is 4. The first-order valence-corrected chi connectivity index (χ1v) is 12.1. The van der Waals surface area contributed by atoms with Gasteiger partial charge in [0.15, 0.2) is 0 Å². The van der Waals surface area contributed by atoms with E-state index in [-0.39, 0.29) is 11.8 Å². The molecule has 166 valence electrons. The quantitative estimate of drug-likeness (QED) is 0.601. The molecule has 2 aromatic rings. The van der Waals surface area contributed by atoms with Crippen LogP contribution in [0.5, 0.6) is 0 Å². The summed E-state index contributed by atoms with van der Waals surface area (Å²) in [5, 5.41) is 2.86. The van der Waals surface area contributed by atoms with Crippen LogP contribution in [-0.4, -0.2) is 54.7 Å². The molecular formula is C25H33N3O2S. The molecule has 2 aromatic carbocycles. The number of hydrogen-bond donors (Lipinski definition) is 1. The van der Waals surface area contributed by atoms with Crippen molar-refractivity contribution in [1.29, 1.82) is 0 Å². The first kappa shape index (κ1) is 23.2. The van der Waals surface area contributed by atoms with Gasteiger partial charge in [-0.1, -0.05) is 43.7 Å². The molecule has 1 saturated heterocycles. The van der Waals surface area contributed by atoms with Crippen molar-refractivity contribution in [3.63, 3.8) is 0 Å². The van der Waals surface area contributed by atoms with E-state index in [1.54, 1.807) is 11.8 Å². The Bertz CT molecular complexity index is 834. The van der Waals surface area contributed by atoms with Crippen molar-refractivity contribution < 1.29 is 9.59 Å². The first-order chi connectivity index (χ1) is 15.1. The molecule has 0 spiro atoms. The van der Waals surface area contributed by atoms with Gasteiger partial charge in [0.25, 0.3) is 0 Å². The van der Waals surface area contributed by atoms with Gasteiger partial charge in [-0.3, -0.25) is 9.59 Å². The summed E-state index contributed by atoms with van der Waals surface area (Å²) in [7, 11) is 0. The normalized spacial score (nSPS) is 14.9. The number of thioether (sulfide) groups is 1. The van der Waals surface area contributed by atoms with Gasteiger partial charge >= 0.3 is 0 Å². The van der Waals surface area contributed by atoms with E-state index in [4.69, 9.17) is 0 Å². The third-order valence-electron chi connectivity index (χ3n) is 5.55. The molecule has 1 aliphatic rings. The van der Waals surface area contributed by atoms with Crippen LogP contribution in [0.15, 0.2) is 59.5 Å². The highest BCUT2D eigenvalue weighted by Gasteiger charge is 2.28. The molecule has 0 saturated carbocycles. The molecule has 2 amide bonds. The van der Waals surface area contributed by atoms with Gasteiger partial charge < -0.3 is 15.1 Å². The van der Waals surface area contributed by atoms with Gasteiger partial charge in [0, 0.05) is 49.4 Å². The topological polar surface area (TPSA) is 52.7 Å². The number of nitrogens with zero attached hydrogens (tertiary/aromatic N) is 2. The van der Waals surface area contributed by atoms with Crippen LogP contribution >= 0.6 is 11.8 Å². The number of para-hydroxylation sites is 1. The van der Waals surface area contributed by atoms with Gasteiger partial charge in [0.05, 0.1) is 0 Å². The zero-order chi connectivity index (χ0) is 22.1. The molecule has 1 heterocycles. The van der Waals surface area contributed by atoms with E-state index in [2.05, 4.69) is 53.5 Å². The average molecular weight is 440 g/mol. The molecule has 5 nitrogen and oxygen atoms in total. The summed E-state index contributed by atoms with van der Waals surface area (Å²) in [4.78, 5) is 30.2. The van der Waals surface area contributed by atoms with Crippen molar-refractivity contribution in [3.8, 4) is 0 Å². The zero-order valence-electron chi connectivity index (χ0n) is 18.5. The summed E-state index contributed by atoms with van der Waals surface area (Å²) in [5.74, 6) is 0.373. The Kier molecular flexibility index (Phi) is 8.83. The summed E-state index contributed by atoms with van der Waals surface area (Å²) in [6.45, 7) is 6.61. The lowest BCUT2D eigenvalue weighted by Crippen LogP contribution is -2.55. The lowest BCUT2D eigenvalue weighted by atomic mass is 10.1. The van der Waals surface area contributed by atoms with Crippen molar-refractivity contribution in [2.75, 3.05) is 36.8 Å². The number of anilines is 1. The molecule has 31 heavy (non-hydrogen) atoms. The molecule has 1 atom stereocenters. The molecule has 1 unspecified atom stereocenters. The lowest BCUT2D eigenvalue weighted by molar-refractivity contribution is -0.135. The van der Waals surface area contributed by atoms with Crippen LogP contribution < -0.4 is 10.2 Å². The van der Waals surface area contributed by atoms with E-state index in [1.165, 1.54) is 31.0 Å². The van der Waals surface area contributed by atoms with Crippen molar-refractivity contribution in [3.05, 3.63) is 60.2 Å². The maximum Gasteiger partial charge on any atom is 0.246 e. The van der Waals surface area contributed by atoms with Gasteiger partial charge in [0.2, 0.25) is 11.8 Å². The van der Waals surface area contributed by atoms with Crippen LogP contribution in [0.1, 0.15) is 32.3 Å². The monoisotopic (exact) mass is 439 g/mol. The molecular weight excluding hydrogens is 406 g/mol. The summed E-state index contributed by atoms with van der Waals surface area (Å²) < 4.78 is 0. The maximum atomic E-state index is 13.1. The van der Waals surface area contributed by atoms with Gasteiger partial charge in [-0.25, -0.2) is 0 Å². The first-order valence-electron chi connectivity index (χ1n) is 11.1. The number of amides is 2. The molecule has 1 fully saturated rings. The Balaban J connectivity index is 1.55. The van der Waals surface area contributed by atoms with Crippen LogP contribution in [0.25, 0.3) is 0 Å². The molecule has 0 bridgehead atoms. The van der Waals surface area contributed by atoms with E-state index in [0.717, 1.165) is 24.4 Å². The highest BCUT2D eigenvalue weighted by Crippen LogP contribution is 2.21. The van der Waals surface area contributed by atoms with Crippen molar-refractivity contribution >= 4 is 29.3 Å². The second-order valence-corrected chi connectivity index (χ2v) is 9.05. The van der Waals surface area contributed by atoms with E-state index in [1.807, 2.05) is 23.1 Å². The third-order valence-corrected chi connectivity index (χ3v) is 6.65. The van der Waals surface area contributed by atoms with Crippen molar-refractivity contribution in [2.24, 2.45) is 0 Å². The molecule has 1 N–H and O–H groups in total. The maximum absolute atomic E-state index is 13.1. The minimum atomic E-state index is -0.509. The van der Waals surface area contributed by atoms with Crippen molar-refractivity contribution in [1.82, 2.24) is 10.2 Å². The third kappa shape index (κ3) is 7.03. The molecule has 0 radical (unpaired) electrons. The smallest absolute Gasteiger partial charge is 0.246 e. The van der Waals surface area contributed by atoms with Crippen LogP contribution in [0.2, 0.25) is 0 Å². The van der Waals surface area contributed by atoms with Crippen molar-refractivity contribution in [2.45, 2.75) is 44.0 Å². The minimum absolute atomic E-state index is 0.00924. The number of rotatable bonds is 9. The standard InChI is InChI=1S/C25H33N3O2S/c1-3-4-8-21-11-13-23(14-12-21)31-19-24(26-20(2)29)25(30)28-17-15-27(16-18-28)22-9-6-5-7-10-22/h5-7,9-14,24H,3-4,8,15-19H2,1-2H3,(H,26,29). The highest BCUT2D eigenvalue weighted by molar-refractivity contribution is 7.99. The second kappa shape index (κ2) is 11.8. The number of benzene rings is 2. The molecule has 1 aliphatic heterocycles. The number of nitrogens with one attached hydrogen (secondary N) is 1. The number of carbonyl (C=O) groups is 2. The molecule has 3 rings (SSSR count). The number of carbonyl (C=O) groups excluding carboxylic acids is 2. The van der Waals surface area contributed by atoms with E-state index >= 15 is 0 Å². The van der Waals surface area contributed by atoms with Crippen LogP contribution in [0.4, 0.5) is 5.69 Å². The second-order valence-electron chi connectivity index (χ2n) is 7.96. The van der Waals surface area contributed by atoms with Crippen LogP contribution in [0.3, 0.4) is 0 Å². The van der Waals surface area contributed by atoms with Crippen LogP contribution in [-0.2, 0) is 16.0 Å². The molecule has 0 aliphatic carbocycles. The zero-order valence-corrected chi connectivity index (χ0v) is 19.4. The Morgan fingerprint density at radius 2 is 1.68 bits per heavy atom. The lowest BCUT2D eigenvalue weighted by Gasteiger charge is -2.37. The number of aryl methyl sites for hydroxylation is 1. The van der Waals surface area contributed by atoms with Gasteiger partial charge in [-0.05, 0) is 42.7 Å². The Hall–Kier alpha value is -2.47. The average Bonchev–Trinajstić information content (AvgIpc) is 2.81. The van der Waals surface area contributed by atoms with Gasteiger partial charge in [0.1, 0.15) is 6.04 Å². The summed E-state index contributed by atoms with van der Waals surface area (Å²) in [5.41, 5.74) is 2.53. The number of piperazine rings is 1. The summed E-state index contributed by atoms with van der Waals surface area (Å²) >= 11 is 1.62. The van der Waals surface area contributed by atoms with Crippen LogP contribution in [0, 0.1) is 0 Å². The predicted molar refractivity (Wildman–Crippen MR) is 129 cm³/mol. The van der Waals surface area contributed by atoms with Gasteiger partial charge in [-0.15, -0.1) is 11.8 Å². The molecule has 6 heteroatoms. The summed E-state index contributed by atoms with van der Waals surface area (Å²) in [6, 6.07) is 18.3. The van der Waals surface area contributed by atoms with E-state index in [9.17, 15) is 9.59 Å². The number of unbranched alkanes of at least 4 members (excludes halogenated alkanes) is 1. The Morgan fingerprint density at radius 3 is 2.29 bits per heavy atom. The Morgan fingerprint density at radius 1 is 1.00 bits per heavy atom. The predicted octanol–water partition coefficient (Wildman–Crippen LogP) is 3.97. The SMILES string of the molecule is CCCCc1ccc(SCC(NC(C)=O)C(=O)N2CCN(c3ccccc3)CC2)cc1. The largest absolute Gasteiger partial charge is 0.368 e. The minimum Gasteiger partial charge on any atom is -0.368 e. The Labute approximate surface area is 190 Å². The fourth-order valence-electron chi connectivity index (χ4n) is 3.78.